The van der Waals surface area contributed by atoms with Gasteiger partial charge >= 0.3 is 0 Å². The zero-order valence-electron chi connectivity index (χ0n) is 17.7. The number of hydrogen-bond donors (Lipinski definition) is 2. The van der Waals surface area contributed by atoms with Crippen molar-refractivity contribution in [3.63, 3.8) is 0 Å². The summed E-state index contributed by atoms with van der Waals surface area (Å²) in [6.45, 7) is 0. The van der Waals surface area contributed by atoms with Gasteiger partial charge in [-0.25, -0.2) is 4.98 Å². The largest absolute Gasteiger partial charge is 0.497 e. The van der Waals surface area contributed by atoms with Gasteiger partial charge in [0, 0.05) is 42.7 Å². The zero-order chi connectivity index (χ0) is 22.2. The molecule has 0 fully saturated rings. The van der Waals surface area contributed by atoms with E-state index in [4.69, 9.17) is 9.72 Å². The maximum absolute atomic E-state index is 12.2. The van der Waals surface area contributed by atoms with Crippen molar-refractivity contribution in [1.29, 1.82) is 0 Å². The summed E-state index contributed by atoms with van der Waals surface area (Å²) >= 11 is 0. The Balaban J connectivity index is 1.74. The molecule has 2 N–H and O–H groups in total. The number of amides is 2. The van der Waals surface area contributed by atoms with Crippen LogP contribution in [0.25, 0.3) is 28.2 Å². The molecule has 8 nitrogen and oxygen atoms in total. The first kappa shape index (κ1) is 19.7. The maximum Gasteiger partial charge on any atom is 0.251 e. The fourth-order valence-corrected chi connectivity index (χ4v) is 3.97. The summed E-state index contributed by atoms with van der Waals surface area (Å²) in [7, 11) is 3.21. The van der Waals surface area contributed by atoms with Gasteiger partial charge in [-0.2, -0.15) is 0 Å². The number of nitrogens with one attached hydrogen (secondary N) is 2. The molecule has 160 valence electrons. The average Bonchev–Trinajstić information content (AvgIpc) is 3.22. The normalized spacial score (nSPS) is 12.9. The molecule has 0 bridgehead atoms. The molecule has 32 heavy (non-hydrogen) atoms. The number of benzene rings is 2. The van der Waals surface area contributed by atoms with Crippen molar-refractivity contribution in [3.05, 3.63) is 65.9 Å². The molecule has 5 rings (SSSR count). The Bertz CT molecular complexity index is 1380. The highest BCUT2D eigenvalue weighted by Crippen LogP contribution is 2.32. The molecule has 0 unspecified atom stereocenters. The first-order chi connectivity index (χ1) is 15.6. The van der Waals surface area contributed by atoms with Crippen molar-refractivity contribution in [2.24, 2.45) is 0 Å². The molecule has 0 radical (unpaired) electrons. The van der Waals surface area contributed by atoms with E-state index in [1.165, 1.54) is 0 Å². The van der Waals surface area contributed by atoms with Gasteiger partial charge in [-0.15, -0.1) is 0 Å². The molecular formula is C24H21N5O3. The van der Waals surface area contributed by atoms with E-state index < -0.39 is 0 Å². The molecule has 3 heterocycles. The molecule has 1 aliphatic heterocycles. The van der Waals surface area contributed by atoms with Gasteiger partial charge in [0.1, 0.15) is 11.4 Å². The molecule has 0 spiro atoms. The summed E-state index contributed by atoms with van der Waals surface area (Å²) in [4.78, 5) is 33.2. The number of aromatic nitrogens is 3. The van der Waals surface area contributed by atoms with Gasteiger partial charge in [0.05, 0.1) is 18.1 Å². The predicted molar refractivity (Wildman–Crippen MR) is 121 cm³/mol. The fraction of sp³-hybridized carbons (Fsp3) is 0.167. The van der Waals surface area contributed by atoms with Gasteiger partial charge in [0.2, 0.25) is 5.91 Å². The van der Waals surface area contributed by atoms with Crippen LogP contribution in [-0.2, 0) is 11.2 Å². The van der Waals surface area contributed by atoms with Crippen molar-refractivity contribution in [2.75, 3.05) is 19.5 Å². The van der Waals surface area contributed by atoms with E-state index in [9.17, 15) is 9.59 Å². The minimum Gasteiger partial charge on any atom is -0.497 e. The first-order valence-electron chi connectivity index (χ1n) is 10.3. The fourth-order valence-electron chi connectivity index (χ4n) is 3.97. The van der Waals surface area contributed by atoms with Crippen LogP contribution in [0.4, 0.5) is 5.69 Å². The summed E-state index contributed by atoms with van der Waals surface area (Å²) in [5, 5.41) is 5.57. The number of carbonyl (C=O) groups excluding carboxylic acids is 2. The number of carbonyl (C=O) groups is 2. The standard InChI is InChI=1S/C24H21N5O3/c1-25-24(31)15-3-7-21-19(12-15)28-23(20-13-17(32-2)9-10-26-20)29(21)16-5-6-18-14(11-16)4-8-22(30)27-18/h3,5-7,9-13H,4,8H2,1-2H3,(H,25,31)(H,27,30). The molecule has 4 aromatic rings. The zero-order valence-corrected chi connectivity index (χ0v) is 17.7. The number of fused-ring (bicyclic) bond motifs is 2. The van der Waals surface area contributed by atoms with E-state index in [-0.39, 0.29) is 11.8 Å². The summed E-state index contributed by atoms with van der Waals surface area (Å²) in [5.41, 5.74) is 5.49. The summed E-state index contributed by atoms with van der Waals surface area (Å²) in [6.07, 6.45) is 2.81. The Labute approximate surface area is 184 Å². The summed E-state index contributed by atoms with van der Waals surface area (Å²) in [5.74, 6) is 1.16. The second-order valence-electron chi connectivity index (χ2n) is 7.52. The Morgan fingerprint density at radius 2 is 2.00 bits per heavy atom. The van der Waals surface area contributed by atoms with E-state index >= 15 is 0 Å². The van der Waals surface area contributed by atoms with Crippen molar-refractivity contribution in [1.82, 2.24) is 19.9 Å². The molecule has 0 atom stereocenters. The Kier molecular flexibility index (Phi) is 4.82. The predicted octanol–water partition coefficient (Wildman–Crippen LogP) is 3.34. The van der Waals surface area contributed by atoms with E-state index in [0.29, 0.717) is 41.2 Å². The minimum atomic E-state index is -0.174. The smallest absolute Gasteiger partial charge is 0.251 e. The maximum atomic E-state index is 12.2. The molecule has 0 aliphatic carbocycles. The molecule has 0 saturated heterocycles. The van der Waals surface area contributed by atoms with E-state index in [0.717, 1.165) is 22.5 Å². The average molecular weight is 427 g/mol. The lowest BCUT2D eigenvalue weighted by Gasteiger charge is -2.18. The highest BCUT2D eigenvalue weighted by Gasteiger charge is 2.20. The monoisotopic (exact) mass is 427 g/mol. The van der Waals surface area contributed by atoms with Crippen molar-refractivity contribution >= 4 is 28.5 Å². The van der Waals surface area contributed by atoms with Crippen LogP contribution in [0.5, 0.6) is 5.75 Å². The molecular weight excluding hydrogens is 406 g/mol. The van der Waals surface area contributed by atoms with Crippen LogP contribution < -0.4 is 15.4 Å². The van der Waals surface area contributed by atoms with Gasteiger partial charge in [-0.3, -0.25) is 19.1 Å². The summed E-state index contributed by atoms with van der Waals surface area (Å²) < 4.78 is 7.39. The topological polar surface area (TPSA) is 98.1 Å². The number of ether oxygens (including phenoxy) is 1. The third kappa shape index (κ3) is 3.35. The summed E-state index contributed by atoms with van der Waals surface area (Å²) in [6, 6.07) is 15.0. The number of imidazole rings is 1. The van der Waals surface area contributed by atoms with Crippen LogP contribution in [0.1, 0.15) is 22.3 Å². The van der Waals surface area contributed by atoms with Gasteiger partial charge in [0.25, 0.3) is 5.91 Å². The molecule has 1 aliphatic rings. The van der Waals surface area contributed by atoms with Crippen LogP contribution in [-0.4, -0.2) is 40.5 Å². The van der Waals surface area contributed by atoms with Crippen LogP contribution in [0.3, 0.4) is 0 Å². The van der Waals surface area contributed by atoms with Crippen LogP contribution in [0.2, 0.25) is 0 Å². The van der Waals surface area contributed by atoms with Gasteiger partial charge in [0.15, 0.2) is 5.82 Å². The molecule has 2 amide bonds. The quantitative estimate of drug-likeness (QED) is 0.521. The number of aryl methyl sites for hydroxylation is 1. The number of anilines is 1. The molecule has 2 aromatic carbocycles. The van der Waals surface area contributed by atoms with Gasteiger partial charge in [-0.1, -0.05) is 0 Å². The van der Waals surface area contributed by atoms with Crippen molar-refractivity contribution < 1.29 is 14.3 Å². The van der Waals surface area contributed by atoms with E-state index in [1.54, 1.807) is 38.6 Å². The second-order valence-corrected chi connectivity index (χ2v) is 7.52. The SMILES string of the molecule is CNC(=O)c1ccc2c(c1)nc(-c1cc(OC)ccn1)n2-c1ccc2c(c1)CCC(=O)N2. The number of rotatable bonds is 4. The number of methoxy groups -OCH3 is 1. The van der Waals surface area contributed by atoms with Gasteiger partial charge < -0.3 is 15.4 Å². The van der Waals surface area contributed by atoms with Crippen LogP contribution >= 0.6 is 0 Å². The van der Waals surface area contributed by atoms with Crippen molar-refractivity contribution in [2.45, 2.75) is 12.8 Å². The molecule has 0 saturated carbocycles. The number of pyridine rings is 1. The lowest BCUT2D eigenvalue weighted by molar-refractivity contribution is -0.116. The van der Waals surface area contributed by atoms with E-state index in [2.05, 4.69) is 21.7 Å². The Morgan fingerprint density at radius 3 is 2.81 bits per heavy atom. The molecule has 8 heteroatoms. The van der Waals surface area contributed by atoms with Crippen LogP contribution in [0.15, 0.2) is 54.7 Å². The lowest BCUT2D eigenvalue weighted by atomic mass is 10.0. The van der Waals surface area contributed by atoms with E-state index in [1.807, 2.05) is 28.8 Å². The molecule has 2 aromatic heterocycles. The van der Waals surface area contributed by atoms with Gasteiger partial charge in [-0.05, 0) is 54.4 Å². The highest BCUT2D eigenvalue weighted by molar-refractivity contribution is 5.98. The number of hydrogen-bond acceptors (Lipinski definition) is 5. The van der Waals surface area contributed by atoms with Crippen molar-refractivity contribution in [3.8, 4) is 23.0 Å². The third-order valence-corrected chi connectivity index (χ3v) is 5.58. The minimum absolute atomic E-state index is 0.0290. The first-order valence-corrected chi connectivity index (χ1v) is 10.3. The van der Waals surface area contributed by atoms with Crippen LogP contribution in [0, 0.1) is 0 Å². The highest BCUT2D eigenvalue weighted by atomic mass is 16.5. The number of nitrogens with zero attached hydrogens (tertiary/aromatic N) is 3. The lowest BCUT2D eigenvalue weighted by Crippen LogP contribution is -2.19. The Hall–Kier alpha value is -4.20. The Morgan fingerprint density at radius 1 is 1.12 bits per heavy atom. The second kappa shape index (κ2) is 7.81. The third-order valence-electron chi connectivity index (χ3n) is 5.58.